The van der Waals surface area contributed by atoms with Crippen LogP contribution in [0, 0.1) is 17.3 Å². The Morgan fingerprint density at radius 1 is 0.826 bits per heavy atom. The lowest BCUT2D eigenvalue weighted by molar-refractivity contribution is -0.117. The fraction of sp³-hybridized carbons (Fsp3) is 1.00. The van der Waals surface area contributed by atoms with Gasteiger partial charge in [-0.25, -0.2) is 0 Å². The summed E-state index contributed by atoms with van der Waals surface area (Å²) in [6.45, 7) is 5.30. The van der Waals surface area contributed by atoms with Gasteiger partial charge in [-0.15, -0.1) is 0 Å². The number of rotatable bonds is 1. The van der Waals surface area contributed by atoms with Crippen LogP contribution < -0.4 is 10.6 Å². The highest BCUT2D eigenvalue weighted by Crippen LogP contribution is 2.55. The third-order valence-corrected chi connectivity index (χ3v) is 8.16. The Morgan fingerprint density at radius 2 is 1.74 bits per heavy atom. The quantitative estimate of drug-likeness (QED) is 0.779. The van der Waals surface area contributed by atoms with Crippen molar-refractivity contribution in [1.29, 1.82) is 0 Å². The zero-order valence-electron chi connectivity index (χ0n) is 14.7. The smallest absolute Gasteiger partial charge is 0.0179 e. The molecule has 0 amide bonds. The number of piperidine rings is 4. The van der Waals surface area contributed by atoms with E-state index in [-0.39, 0.29) is 0 Å². The monoisotopic (exact) mass is 317 g/mol. The highest BCUT2D eigenvalue weighted by molar-refractivity contribution is 5.14. The van der Waals surface area contributed by atoms with Crippen molar-refractivity contribution in [1.82, 2.24) is 15.5 Å². The standard InChI is InChI=1S/C20H35N3/c1-3-9-21-18(8-1)20-13-16(12-15-6-5-10-22-19(15)20)17-7-2-4-11-23(17)14-20/h15-19,21-22H,1-14H2/t15-,16-,17-,18+,19-,20-/m1/s1. The Balaban J connectivity index is 1.50. The highest BCUT2D eigenvalue weighted by atomic mass is 15.2. The lowest BCUT2D eigenvalue weighted by Gasteiger charge is -2.64. The summed E-state index contributed by atoms with van der Waals surface area (Å²) in [5.41, 5.74) is 0.530. The molecule has 0 aromatic rings. The second kappa shape index (κ2) is 6.00. The first-order valence-corrected chi connectivity index (χ1v) is 10.6. The fourth-order valence-corrected chi connectivity index (χ4v) is 7.36. The van der Waals surface area contributed by atoms with Crippen molar-refractivity contribution in [2.45, 2.75) is 82.3 Å². The third-order valence-electron chi connectivity index (χ3n) is 8.16. The lowest BCUT2D eigenvalue weighted by atomic mass is 9.52. The molecule has 5 rings (SSSR count). The molecule has 23 heavy (non-hydrogen) atoms. The van der Waals surface area contributed by atoms with Crippen LogP contribution in [-0.2, 0) is 0 Å². The molecule has 130 valence electrons. The van der Waals surface area contributed by atoms with Gasteiger partial charge >= 0.3 is 0 Å². The lowest BCUT2D eigenvalue weighted by Crippen LogP contribution is -2.72. The van der Waals surface area contributed by atoms with Gasteiger partial charge in [0.25, 0.3) is 0 Å². The van der Waals surface area contributed by atoms with E-state index in [0.717, 1.165) is 30.0 Å². The molecule has 0 radical (unpaired) electrons. The van der Waals surface area contributed by atoms with Gasteiger partial charge in [-0.1, -0.05) is 12.8 Å². The molecule has 0 aromatic carbocycles. The molecule has 1 aliphatic carbocycles. The molecule has 5 fully saturated rings. The molecule has 1 saturated carbocycles. The average molecular weight is 318 g/mol. The van der Waals surface area contributed by atoms with Crippen LogP contribution in [0.15, 0.2) is 0 Å². The number of fused-ring (bicyclic) bond motifs is 6. The molecule has 3 nitrogen and oxygen atoms in total. The molecule has 2 N–H and O–H groups in total. The molecular weight excluding hydrogens is 282 g/mol. The van der Waals surface area contributed by atoms with Gasteiger partial charge in [0.05, 0.1) is 0 Å². The molecule has 5 aliphatic rings. The Kier molecular flexibility index (Phi) is 3.95. The van der Waals surface area contributed by atoms with Gasteiger partial charge in [-0.3, -0.25) is 4.90 Å². The minimum absolute atomic E-state index is 0.530. The van der Waals surface area contributed by atoms with Gasteiger partial charge in [-0.2, -0.15) is 0 Å². The molecule has 0 spiro atoms. The minimum atomic E-state index is 0.530. The van der Waals surface area contributed by atoms with E-state index in [1.165, 1.54) is 90.4 Å². The van der Waals surface area contributed by atoms with E-state index in [0.29, 0.717) is 5.41 Å². The Bertz CT molecular complexity index is 431. The molecule has 0 unspecified atom stereocenters. The zero-order valence-corrected chi connectivity index (χ0v) is 14.7. The summed E-state index contributed by atoms with van der Waals surface area (Å²) in [5, 5.41) is 8.04. The van der Waals surface area contributed by atoms with Gasteiger partial charge < -0.3 is 10.6 Å². The van der Waals surface area contributed by atoms with Gasteiger partial charge in [0.15, 0.2) is 0 Å². The molecule has 0 aromatic heterocycles. The Labute approximate surface area is 142 Å². The van der Waals surface area contributed by atoms with E-state index in [2.05, 4.69) is 15.5 Å². The van der Waals surface area contributed by atoms with Crippen LogP contribution in [-0.4, -0.2) is 49.2 Å². The zero-order chi connectivity index (χ0) is 15.3. The van der Waals surface area contributed by atoms with Crippen molar-refractivity contribution < 1.29 is 0 Å². The number of hydrogen-bond acceptors (Lipinski definition) is 3. The SMILES string of the molecule is C1CC[C@@H]([C@]23C[C@@H](C[C@H]4CCCN[C@H]42)[C@H]2CCCCN2C3)NC1. The van der Waals surface area contributed by atoms with E-state index < -0.39 is 0 Å². The topological polar surface area (TPSA) is 27.3 Å². The Hall–Kier alpha value is -0.120. The van der Waals surface area contributed by atoms with Gasteiger partial charge in [0.2, 0.25) is 0 Å². The maximum absolute atomic E-state index is 4.04. The van der Waals surface area contributed by atoms with Crippen molar-refractivity contribution >= 4 is 0 Å². The van der Waals surface area contributed by atoms with E-state index >= 15 is 0 Å². The molecule has 4 heterocycles. The van der Waals surface area contributed by atoms with Crippen LogP contribution in [0.4, 0.5) is 0 Å². The number of nitrogens with zero attached hydrogens (tertiary/aromatic N) is 1. The maximum atomic E-state index is 4.04. The van der Waals surface area contributed by atoms with E-state index in [1.54, 1.807) is 0 Å². The first kappa shape index (κ1) is 15.2. The third kappa shape index (κ3) is 2.41. The largest absolute Gasteiger partial charge is 0.313 e. The summed E-state index contributed by atoms with van der Waals surface area (Å²) in [4.78, 5) is 2.94. The molecule has 2 bridgehead atoms. The van der Waals surface area contributed by atoms with Crippen molar-refractivity contribution in [3.05, 3.63) is 0 Å². The summed E-state index contributed by atoms with van der Waals surface area (Å²) < 4.78 is 0. The van der Waals surface area contributed by atoms with Crippen LogP contribution in [0.2, 0.25) is 0 Å². The summed E-state index contributed by atoms with van der Waals surface area (Å²) in [5.74, 6) is 1.96. The van der Waals surface area contributed by atoms with Crippen LogP contribution >= 0.6 is 0 Å². The summed E-state index contributed by atoms with van der Waals surface area (Å²) in [6, 6.07) is 2.51. The van der Waals surface area contributed by atoms with E-state index in [1.807, 2.05) is 0 Å². The van der Waals surface area contributed by atoms with Crippen molar-refractivity contribution in [3.8, 4) is 0 Å². The Morgan fingerprint density at radius 3 is 2.65 bits per heavy atom. The number of nitrogens with one attached hydrogen (secondary N) is 2. The fourth-order valence-electron chi connectivity index (χ4n) is 7.36. The van der Waals surface area contributed by atoms with E-state index in [4.69, 9.17) is 0 Å². The van der Waals surface area contributed by atoms with Crippen LogP contribution in [0.5, 0.6) is 0 Å². The van der Waals surface area contributed by atoms with Crippen molar-refractivity contribution in [2.75, 3.05) is 26.2 Å². The second-order valence-corrected chi connectivity index (χ2v) is 9.30. The van der Waals surface area contributed by atoms with Crippen molar-refractivity contribution in [2.24, 2.45) is 17.3 Å². The molecule has 4 saturated heterocycles. The van der Waals surface area contributed by atoms with Gasteiger partial charge in [-0.05, 0) is 82.8 Å². The van der Waals surface area contributed by atoms with Crippen LogP contribution in [0.1, 0.15) is 64.2 Å². The predicted molar refractivity (Wildman–Crippen MR) is 94.5 cm³/mol. The second-order valence-electron chi connectivity index (χ2n) is 9.30. The minimum Gasteiger partial charge on any atom is -0.313 e. The summed E-state index contributed by atoms with van der Waals surface area (Å²) in [7, 11) is 0. The first-order valence-electron chi connectivity index (χ1n) is 10.6. The molecule has 4 aliphatic heterocycles. The van der Waals surface area contributed by atoms with Gasteiger partial charge in [0, 0.05) is 30.1 Å². The highest BCUT2D eigenvalue weighted by Gasteiger charge is 2.58. The normalized spacial score (nSPS) is 50.9. The van der Waals surface area contributed by atoms with Crippen molar-refractivity contribution in [3.63, 3.8) is 0 Å². The molecule has 3 heteroatoms. The molecule has 6 atom stereocenters. The maximum Gasteiger partial charge on any atom is 0.0179 e. The summed E-state index contributed by atoms with van der Waals surface area (Å²) >= 11 is 0. The average Bonchev–Trinajstić information content (AvgIpc) is 2.63. The summed E-state index contributed by atoms with van der Waals surface area (Å²) in [6.07, 6.45) is 14.6. The molecular formula is C20H35N3. The predicted octanol–water partition coefficient (Wildman–Crippen LogP) is 2.76. The van der Waals surface area contributed by atoms with Gasteiger partial charge in [0.1, 0.15) is 0 Å². The van der Waals surface area contributed by atoms with E-state index in [9.17, 15) is 0 Å². The first-order chi connectivity index (χ1) is 11.4. The van der Waals surface area contributed by atoms with Crippen LogP contribution in [0.25, 0.3) is 0 Å². The van der Waals surface area contributed by atoms with Crippen LogP contribution in [0.3, 0.4) is 0 Å². The number of hydrogen-bond donors (Lipinski definition) is 2.